The molecule has 0 radical (unpaired) electrons. The van der Waals surface area contributed by atoms with Crippen LogP contribution in [0, 0.1) is 0 Å². The lowest BCUT2D eigenvalue weighted by molar-refractivity contribution is -0.0724. The Labute approximate surface area is 367 Å². The second-order valence-electron chi connectivity index (χ2n) is 15.2. The Morgan fingerprint density at radius 1 is 0.364 bits per heavy atom. The van der Waals surface area contributed by atoms with E-state index in [1.807, 2.05) is 0 Å². The third-order valence-corrected chi connectivity index (χ3v) is 11.0. The van der Waals surface area contributed by atoms with Crippen LogP contribution in [0.2, 0.25) is 0 Å². The Bertz CT molecular complexity index is 2710. The van der Waals surface area contributed by atoms with Gasteiger partial charge in [-0.15, -0.1) is 0 Å². The molecule has 0 amide bonds. The van der Waals surface area contributed by atoms with Crippen LogP contribution in [-0.4, -0.2) is 106 Å². The first-order valence-corrected chi connectivity index (χ1v) is 19.0. The zero-order valence-electron chi connectivity index (χ0n) is 33.0. The van der Waals surface area contributed by atoms with Crippen LogP contribution in [0.5, 0.6) is 103 Å². The predicted molar refractivity (Wildman–Crippen MR) is 216 cm³/mol. The van der Waals surface area contributed by atoms with E-state index in [2.05, 4.69) is 0 Å². The summed E-state index contributed by atoms with van der Waals surface area (Å²) >= 11 is 0. The summed E-state index contributed by atoms with van der Waals surface area (Å²) in [5, 5.41) is 170. The fourth-order valence-electron chi connectivity index (χ4n) is 8.13. The molecule has 0 saturated heterocycles. The summed E-state index contributed by atoms with van der Waals surface area (Å²) in [6.07, 6.45) is -7.96. The number of benzene rings is 6. The molecule has 6 aromatic rings. The van der Waals surface area contributed by atoms with Gasteiger partial charge in [0.25, 0.3) is 0 Å². The molecule has 342 valence electrons. The maximum absolute atomic E-state index is 14.3. The zero-order valence-corrected chi connectivity index (χ0v) is 33.0. The molecule has 0 fully saturated rings. The van der Waals surface area contributed by atoms with Crippen molar-refractivity contribution in [2.24, 2.45) is 0 Å². The number of carbonyl (C=O) groups excluding carboxylic acids is 2. The minimum atomic E-state index is -2.09. The molecule has 6 aromatic carbocycles. The van der Waals surface area contributed by atoms with Crippen molar-refractivity contribution >= 4 is 11.9 Å². The number of aromatic hydroxyl groups is 16. The second kappa shape index (κ2) is 15.8. The van der Waals surface area contributed by atoms with Crippen molar-refractivity contribution in [2.45, 2.75) is 36.3 Å². The molecule has 2 heterocycles. The first kappa shape index (κ1) is 43.3. The smallest absolute Gasteiger partial charge is 0.338 e. The summed E-state index contributed by atoms with van der Waals surface area (Å²) in [7, 11) is 0. The summed E-state index contributed by atoms with van der Waals surface area (Å²) in [4.78, 5) is 28.6. The third kappa shape index (κ3) is 7.32. The monoisotopic (exact) mass is 914 g/mol. The van der Waals surface area contributed by atoms with E-state index >= 15 is 0 Å². The highest BCUT2D eigenvalue weighted by Crippen LogP contribution is 2.62. The van der Waals surface area contributed by atoms with Gasteiger partial charge < -0.3 is 101 Å². The highest BCUT2D eigenvalue weighted by atomic mass is 16.6. The Morgan fingerprint density at radius 2 is 0.636 bits per heavy atom. The van der Waals surface area contributed by atoms with Crippen LogP contribution in [0.15, 0.2) is 72.8 Å². The Hall–Kier alpha value is -9.34. The number of rotatable bonds is 7. The summed E-state index contributed by atoms with van der Waals surface area (Å²) in [5.74, 6) is -22.6. The van der Waals surface area contributed by atoms with Crippen LogP contribution in [0.3, 0.4) is 0 Å². The van der Waals surface area contributed by atoms with Gasteiger partial charge in [-0.3, -0.25) is 0 Å². The SMILES string of the molecule is O=C(O[C@H]1C(C2c3c(O)cc(O)cc3O[C@@H](c3cc(O)c(O)c(O)c3)[C@H]2OC(=O)c2cc(O)c(O)c(O)c2)c2c(O)cc(O)cc2O[C@H]1c1cc(O)c(O)c(O)c1)c1cc(O)c(O)c(O)c1. The molecule has 0 spiro atoms. The van der Waals surface area contributed by atoms with Crippen molar-refractivity contribution in [2.75, 3.05) is 0 Å². The van der Waals surface area contributed by atoms with Crippen LogP contribution in [0.4, 0.5) is 0 Å². The summed E-state index contributed by atoms with van der Waals surface area (Å²) < 4.78 is 24.6. The molecule has 0 aromatic heterocycles. The topological polar surface area (TPSA) is 395 Å². The van der Waals surface area contributed by atoms with Crippen molar-refractivity contribution in [3.05, 3.63) is 106 Å². The molecular weight excluding hydrogens is 880 g/mol. The Kier molecular flexibility index (Phi) is 10.4. The lowest BCUT2D eigenvalue weighted by Crippen LogP contribution is -2.47. The molecule has 0 saturated carbocycles. The van der Waals surface area contributed by atoms with Crippen LogP contribution in [0.1, 0.15) is 67.0 Å². The van der Waals surface area contributed by atoms with Crippen molar-refractivity contribution in [3.8, 4) is 103 Å². The fraction of sp³-hybridized carbons (Fsp3) is 0.136. The number of carbonyl (C=O) groups is 2. The fourth-order valence-corrected chi connectivity index (χ4v) is 8.13. The number of phenols is 16. The van der Waals surface area contributed by atoms with Crippen molar-refractivity contribution in [3.63, 3.8) is 0 Å². The van der Waals surface area contributed by atoms with Crippen LogP contribution >= 0.6 is 0 Å². The number of hydrogen-bond donors (Lipinski definition) is 16. The first-order chi connectivity index (χ1) is 31.1. The molecule has 22 nitrogen and oxygen atoms in total. The molecule has 2 aliphatic rings. The molecule has 6 atom stereocenters. The van der Waals surface area contributed by atoms with Crippen LogP contribution < -0.4 is 9.47 Å². The van der Waals surface area contributed by atoms with Crippen molar-refractivity contribution in [1.82, 2.24) is 0 Å². The van der Waals surface area contributed by atoms with Crippen LogP contribution in [-0.2, 0) is 9.47 Å². The highest BCUT2D eigenvalue weighted by molar-refractivity contribution is 5.92. The van der Waals surface area contributed by atoms with E-state index < -0.39 is 174 Å². The molecular formula is C44H34O22. The summed E-state index contributed by atoms with van der Waals surface area (Å²) in [5.41, 5.74) is -2.81. The van der Waals surface area contributed by atoms with Gasteiger partial charge in [0.1, 0.15) is 34.5 Å². The predicted octanol–water partition coefficient (Wildman–Crippen LogP) is 4.56. The standard InChI is InChI=1S/C44H34O22/c45-17-9-19(47)31-29(11-17)63-39(13-1-21(49)35(57)22(50)2-13)41(65-43(61)15-5-25(53)37(59)26(54)6-15)33(31)34-32-20(48)10-18(46)12-30(32)64-40(14-3-23(51)36(58)24(52)4-14)42(34)66-44(62)16-7-27(55)38(60)28(56)8-16/h1-12,33-34,39-42,45-60H/t33?,34?,39-,40-,41-,42-/m0/s1. The quantitative estimate of drug-likeness (QED) is 0.0770. The van der Waals surface area contributed by atoms with Gasteiger partial charge in [0.05, 0.1) is 11.1 Å². The highest BCUT2D eigenvalue weighted by Gasteiger charge is 2.56. The van der Waals surface area contributed by atoms with Crippen molar-refractivity contribution < 1.29 is 110 Å². The van der Waals surface area contributed by atoms with Gasteiger partial charge in [-0.2, -0.15) is 0 Å². The zero-order chi connectivity index (χ0) is 47.8. The normalized spacial score (nSPS) is 19.6. The maximum atomic E-state index is 14.3. The first-order valence-electron chi connectivity index (χ1n) is 19.0. The van der Waals surface area contributed by atoms with Crippen molar-refractivity contribution in [1.29, 1.82) is 0 Å². The van der Waals surface area contributed by atoms with E-state index in [1.54, 1.807) is 0 Å². The third-order valence-electron chi connectivity index (χ3n) is 11.0. The maximum Gasteiger partial charge on any atom is 0.338 e. The summed E-state index contributed by atoms with van der Waals surface area (Å²) in [6.45, 7) is 0. The van der Waals surface area contributed by atoms with E-state index in [9.17, 15) is 91.3 Å². The minimum Gasteiger partial charge on any atom is -0.508 e. The minimum absolute atomic E-state index is 0.328. The molecule has 0 aliphatic carbocycles. The van der Waals surface area contributed by atoms with Gasteiger partial charge >= 0.3 is 11.9 Å². The lowest BCUT2D eigenvalue weighted by Gasteiger charge is -2.48. The van der Waals surface area contributed by atoms with Gasteiger partial charge in [0.2, 0.25) is 0 Å². The Balaban J connectivity index is 1.45. The molecule has 2 unspecified atom stereocenters. The average Bonchev–Trinajstić information content (AvgIpc) is 3.24. The molecule has 2 aliphatic heterocycles. The number of esters is 2. The summed E-state index contributed by atoms with van der Waals surface area (Å²) in [6, 6.07) is 9.63. The number of fused-ring (bicyclic) bond motifs is 2. The van der Waals surface area contributed by atoms with E-state index in [4.69, 9.17) is 18.9 Å². The van der Waals surface area contributed by atoms with Gasteiger partial charge in [-0.25, -0.2) is 9.59 Å². The molecule has 66 heavy (non-hydrogen) atoms. The van der Waals surface area contributed by atoms with Gasteiger partial charge in [-0.1, -0.05) is 0 Å². The van der Waals surface area contributed by atoms with E-state index in [-0.39, 0.29) is 11.1 Å². The lowest BCUT2D eigenvalue weighted by atomic mass is 9.68. The largest absolute Gasteiger partial charge is 0.508 e. The van der Waals surface area contributed by atoms with Gasteiger partial charge in [0, 0.05) is 58.4 Å². The van der Waals surface area contributed by atoms with Gasteiger partial charge in [-0.05, 0) is 48.5 Å². The molecule has 22 heteroatoms. The molecule has 8 rings (SSSR count). The molecule has 0 bridgehead atoms. The van der Waals surface area contributed by atoms with E-state index in [0.29, 0.717) is 24.3 Å². The van der Waals surface area contributed by atoms with Crippen LogP contribution in [0.25, 0.3) is 0 Å². The number of phenolic OH excluding ortho intramolecular Hbond substituents is 16. The number of ether oxygens (including phenoxy) is 4. The Morgan fingerprint density at radius 3 is 0.924 bits per heavy atom. The number of hydrogen-bond acceptors (Lipinski definition) is 22. The second-order valence-corrected chi connectivity index (χ2v) is 15.2. The average molecular weight is 915 g/mol. The van der Waals surface area contributed by atoms with Gasteiger partial charge in [0.15, 0.2) is 93.4 Å². The van der Waals surface area contributed by atoms with E-state index in [0.717, 1.165) is 48.5 Å². The molecule has 16 N–H and O–H groups in total. The van der Waals surface area contributed by atoms with E-state index in [1.165, 1.54) is 0 Å².